The summed E-state index contributed by atoms with van der Waals surface area (Å²) in [6, 6.07) is 10.7. The Bertz CT molecular complexity index is 233. The van der Waals surface area contributed by atoms with E-state index in [4.69, 9.17) is 0 Å². The van der Waals surface area contributed by atoms with E-state index in [0.717, 1.165) is 11.8 Å². The first-order valence-corrected chi connectivity index (χ1v) is 7.10. The van der Waals surface area contributed by atoms with Crippen LogP contribution in [-0.4, -0.2) is 10.2 Å². The van der Waals surface area contributed by atoms with Crippen molar-refractivity contribution in [1.82, 2.24) is 0 Å². The highest BCUT2D eigenvalue weighted by atomic mass is 79.9. The largest absolute Gasteiger partial charge is 0.0928 e. The fourth-order valence-electron chi connectivity index (χ4n) is 1.43. The van der Waals surface area contributed by atoms with Crippen LogP contribution < -0.4 is 0 Å². The van der Waals surface area contributed by atoms with Crippen LogP contribution >= 0.6 is 31.9 Å². The molecule has 0 saturated carbocycles. The van der Waals surface area contributed by atoms with Gasteiger partial charge in [-0.15, -0.1) is 0 Å². The molecule has 78 valence electrons. The van der Waals surface area contributed by atoms with Gasteiger partial charge in [0.25, 0.3) is 0 Å². The Morgan fingerprint density at radius 2 is 1.79 bits per heavy atom. The van der Waals surface area contributed by atoms with Gasteiger partial charge in [0, 0.05) is 10.2 Å². The van der Waals surface area contributed by atoms with Gasteiger partial charge in [0.2, 0.25) is 0 Å². The van der Waals surface area contributed by atoms with Gasteiger partial charge < -0.3 is 0 Å². The smallest absolute Gasteiger partial charge is 0.0186 e. The molecule has 1 unspecified atom stereocenters. The molecule has 0 bridgehead atoms. The second-order valence-corrected chi connectivity index (χ2v) is 5.56. The van der Waals surface area contributed by atoms with E-state index >= 15 is 0 Å². The normalized spacial score (nSPS) is 12.7. The molecule has 0 aromatic heterocycles. The zero-order chi connectivity index (χ0) is 10.2. The number of benzene rings is 1. The van der Waals surface area contributed by atoms with Crippen molar-refractivity contribution in [2.75, 3.05) is 5.33 Å². The van der Waals surface area contributed by atoms with Gasteiger partial charge >= 0.3 is 0 Å². The predicted octanol–water partition coefficient (Wildman–Crippen LogP) is 4.56. The van der Waals surface area contributed by atoms with Gasteiger partial charge in [-0.1, -0.05) is 68.6 Å². The summed E-state index contributed by atoms with van der Waals surface area (Å²) < 4.78 is 0. The molecule has 0 heterocycles. The number of hydrogen-bond acceptors (Lipinski definition) is 0. The van der Waals surface area contributed by atoms with Crippen LogP contribution in [0.2, 0.25) is 0 Å². The topological polar surface area (TPSA) is 0 Å². The molecule has 0 spiro atoms. The third-order valence-electron chi connectivity index (χ3n) is 2.20. The number of unbranched alkanes of at least 4 members (excludes halogenated alkanes) is 1. The lowest BCUT2D eigenvalue weighted by atomic mass is 10.1. The molecule has 0 radical (unpaired) electrons. The highest BCUT2D eigenvalue weighted by molar-refractivity contribution is 9.09. The van der Waals surface area contributed by atoms with Crippen molar-refractivity contribution in [3.63, 3.8) is 0 Å². The number of rotatable bonds is 6. The molecule has 0 aliphatic carbocycles. The van der Waals surface area contributed by atoms with Crippen LogP contribution in [0.4, 0.5) is 0 Å². The Kier molecular flexibility index (Phi) is 6.54. The summed E-state index contributed by atoms with van der Waals surface area (Å²) in [6.45, 7) is 0. The number of alkyl halides is 2. The minimum atomic E-state index is 0.629. The molecule has 0 aliphatic heterocycles. The summed E-state index contributed by atoms with van der Waals surface area (Å²) in [6.07, 6.45) is 4.98. The molecule has 14 heavy (non-hydrogen) atoms. The fourth-order valence-corrected chi connectivity index (χ4v) is 2.53. The second-order valence-electron chi connectivity index (χ2n) is 3.47. The quantitative estimate of drug-likeness (QED) is 0.532. The van der Waals surface area contributed by atoms with Crippen molar-refractivity contribution in [3.8, 4) is 0 Å². The van der Waals surface area contributed by atoms with E-state index in [-0.39, 0.29) is 0 Å². The van der Waals surface area contributed by atoms with Crippen molar-refractivity contribution < 1.29 is 0 Å². The van der Waals surface area contributed by atoms with E-state index < -0.39 is 0 Å². The molecule has 0 N–H and O–H groups in total. The molecule has 0 saturated heterocycles. The second kappa shape index (κ2) is 7.47. The Balaban J connectivity index is 2.23. The average Bonchev–Trinajstić information content (AvgIpc) is 2.20. The van der Waals surface area contributed by atoms with Gasteiger partial charge in [-0.05, 0) is 24.8 Å². The summed E-state index contributed by atoms with van der Waals surface area (Å²) in [7, 11) is 0. The molecule has 2 heteroatoms. The van der Waals surface area contributed by atoms with E-state index in [1.54, 1.807) is 0 Å². The molecule has 1 aromatic rings. The van der Waals surface area contributed by atoms with Crippen molar-refractivity contribution in [2.45, 2.75) is 30.5 Å². The van der Waals surface area contributed by atoms with Crippen LogP contribution in [-0.2, 0) is 6.42 Å². The van der Waals surface area contributed by atoms with Crippen LogP contribution in [0.1, 0.15) is 24.8 Å². The van der Waals surface area contributed by atoms with Crippen molar-refractivity contribution >= 4 is 31.9 Å². The molecular weight excluding hydrogens is 304 g/mol. The van der Waals surface area contributed by atoms with E-state index in [9.17, 15) is 0 Å². The van der Waals surface area contributed by atoms with Gasteiger partial charge in [-0.3, -0.25) is 0 Å². The molecule has 1 aromatic carbocycles. The first-order valence-electron chi connectivity index (χ1n) is 5.07. The van der Waals surface area contributed by atoms with Crippen LogP contribution in [0.5, 0.6) is 0 Å². The molecule has 1 atom stereocenters. The lowest BCUT2D eigenvalue weighted by Gasteiger charge is -2.08. The Hall–Kier alpha value is 0.180. The monoisotopic (exact) mass is 318 g/mol. The maximum absolute atomic E-state index is 3.73. The van der Waals surface area contributed by atoms with Crippen molar-refractivity contribution in [2.24, 2.45) is 0 Å². The Morgan fingerprint density at radius 3 is 2.43 bits per heavy atom. The Morgan fingerprint density at radius 1 is 1.07 bits per heavy atom. The molecular formula is C12H16Br2. The number of halogens is 2. The third kappa shape index (κ3) is 5.16. The van der Waals surface area contributed by atoms with Crippen LogP contribution in [0.15, 0.2) is 30.3 Å². The van der Waals surface area contributed by atoms with Crippen molar-refractivity contribution in [3.05, 3.63) is 35.9 Å². The maximum atomic E-state index is 3.73. The van der Waals surface area contributed by atoms with Gasteiger partial charge in [-0.25, -0.2) is 0 Å². The van der Waals surface area contributed by atoms with E-state index in [2.05, 4.69) is 62.2 Å². The van der Waals surface area contributed by atoms with Crippen LogP contribution in [0.3, 0.4) is 0 Å². The first-order chi connectivity index (χ1) is 6.83. The minimum Gasteiger partial charge on any atom is -0.0928 e. The average molecular weight is 320 g/mol. The predicted molar refractivity (Wildman–Crippen MR) is 70.5 cm³/mol. The summed E-state index contributed by atoms with van der Waals surface area (Å²) >= 11 is 7.18. The van der Waals surface area contributed by atoms with Crippen LogP contribution in [0.25, 0.3) is 0 Å². The summed E-state index contributed by atoms with van der Waals surface area (Å²) in [5.41, 5.74) is 1.42. The third-order valence-corrected chi connectivity index (χ3v) is 3.54. The highest BCUT2D eigenvalue weighted by Gasteiger charge is 2.04. The highest BCUT2D eigenvalue weighted by Crippen LogP contribution is 2.16. The van der Waals surface area contributed by atoms with Gasteiger partial charge in [0.1, 0.15) is 0 Å². The lowest BCUT2D eigenvalue weighted by Crippen LogP contribution is -2.02. The van der Waals surface area contributed by atoms with E-state index in [1.165, 1.54) is 24.8 Å². The standard InChI is InChI=1S/C12H16Br2/c13-9-5-4-8-12(14)10-11-6-2-1-3-7-11/h1-3,6-7,12H,4-5,8-10H2. The zero-order valence-corrected chi connectivity index (χ0v) is 11.4. The molecule has 0 fully saturated rings. The minimum absolute atomic E-state index is 0.629. The molecule has 0 amide bonds. The van der Waals surface area contributed by atoms with E-state index in [0.29, 0.717) is 4.83 Å². The number of hydrogen-bond donors (Lipinski definition) is 0. The Labute approximate surface area is 103 Å². The fraction of sp³-hybridized carbons (Fsp3) is 0.500. The lowest BCUT2D eigenvalue weighted by molar-refractivity contribution is 0.693. The molecule has 1 rings (SSSR count). The van der Waals surface area contributed by atoms with Gasteiger partial charge in [0.05, 0.1) is 0 Å². The SMILES string of the molecule is BrCCCCC(Br)Cc1ccccc1. The summed E-state index contributed by atoms with van der Waals surface area (Å²) in [5.74, 6) is 0. The molecule has 0 nitrogen and oxygen atoms in total. The van der Waals surface area contributed by atoms with Gasteiger partial charge in [0.15, 0.2) is 0 Å². The van der Waals surface area contributed by atoms with E-state index in [1.807, 2.05) is 0 Å². The maximum Gasteiger partial charge on any atom is 0.0186 e. The summed E-state index contributed by atoms with van der Waals surface area (Å²) in [5, 5.41) is 1.12. The molecule has 0 aliphatic rings. The zero-order valence-electron chi connectivity index (χ0n) is 8.26. The first kappa shape index (κ1) is 12.3. The van der Waals surface area contributed by atoms with Gasteiger partial charge in [-0.2, -0.15) is 0 Å². The summed E-state index contributed by atoms with van der Waals surface area (Å²) in [4.78, 5) is 0.629. The van der Waals surface area contributed by atoms with Crippen LogP contribution in [0, 0.1) is 0 Å². The van der Waals surface area contributed by atoms with Crippen molar-refractivity contribution in [1.29, 1.82) is 0 Å².